The first-order valence-electron chi connectivity index (χ1n) is 9.29. The monoisotopic (exact) mass is 333 g/mol. The molecule has 24 heavy (non-hydrogen) atoms. The lowest BCUT2D eigenvalue weighted by Gasteiger charge is -2.13. The van der Waals surface area contributed by atoms with Crippen molar-refractivity contribution in [1.82, 2.24) is 5.32 Å². The van der Waals surface area contributed by atoms with Gasteiger partial charge in [0.15, 0.2) is 0 Å². The van der Waals surface area contributed by atoms with Gasteiger partial charge < -0.3 is 15.8 Å². The van der Waals surface area contributed by atoms with Crippen LogP contribution in [0.5, 0.6) is 5.75 Å². The fourth-order valence-corrected chi connectivity index (χ4v) is 2.49. The molecule has 0 radical (unpaired) electrons. The summed E-state index contributed by atoms with van der Waals surface area (Å²) < 4.78 is 5.79. The molecular weight excluding hydrogens is 298 g/mol. The Hall–Kier alpha value is -1.55. The fraction of sp³-hybridized carbons (Fsp3) is 0.650. The topological polar surface area (TPSA) is 59.6 Å². The van der Waals surface area contributed by atoms with Crippen LogP contribution in [-0.2, 0) is 0 Å². The third-order valence-electron chi connectivity index (χ3n) is 3.91. The van der Waals surface area contributed by atoms with E-state index in [0.29, 0.717) is 18.6 Å². The molecular formula is C20H35N3O. The highest BCUT2D eigenvalue weighted by Gasteiger charge is 2.09. The van der Waals surface area contributed by atoms with Gasteiger partial charge >= 0.3 is 0 Å². The van der Waals surface area contributed by atoms with Crippen LogP contribution in [0.15, 0.2) is 29.3 Å². The van der Waals surface area contributed by atoms with Crippen molar-refractivity contribution in [2.45, 2.75) is 65.3 Å². The van der Waals surface area contributed by atoms with E-state index in [1.807, 2.05) is 18.2 Å². The molecule has 0 amide bonds. The van der Waals surface area contributed by atoms with E-state index in [4.69, 9.17) is 10.5 Å². The Morgan fingerprint density at radius 3 is 2.54 bits per heavy atom. The molecule has 1 unspecified atom stereocenters. The summed E-state index contributed by atoms with van der Waals surface area (Å²) in [6.45, 7) is 11.0. The van der Waals surface area contributed by atoms with Gasteiger partial charge in [-0.25, -0.2) is 0 Å². The molecule has 1 atom stereocenters. The van der Waals surface area contributed by atoms with Gasteiger partial charge in [-0.2, -0.15) is 0 Å². The SMILES string of the molecule is CC(C)c1ccccc1OCC1=NCCN1.CCCCCC(C)N. The maximum Gasteiger partial charge on any atom is 0.145 e. The van der Waals surface area contributed by atoms with E-state index in [0.717, 1.165) is 24.7 Å². The Kier molecular flexibility index (Phi) is 10.2. The summed E-state index contributed by atoms with van der Waals surface area (Å²) in [6.07, 6.45) is 5.12. The van der Waals surface area contributed by atoms with E-state index in [1.165, 1.54) is 31.2 Å². The quantitative estimate of drug-likeness (QED) is 0.704. The molecule has 1 aromatic carbocycles. The molecule has 0 bridgehead atoms. The second-order valence-corrected chi connectivity index (χ2v) is 6.71. The van der Waals surface area contributed by atoms with Gasteiger partial charge in [0.25, 0.3) is 0 Å². The third-order valence-corrected chi connectivity index (χ3v) is 3.91. The molecule has 1 heterocycles. The minimum atomic E-state index is 0.404. The lowest BCUT2D eigenvalue weighted by atomic mass is 10.0. The van der Waals surface area contributed by atoms with Gasteiger partial charge in [-0.3, -0.25) is 4.99 Å². The number of para-hydroxylation sites is 1. The lowest BCUT2D eigenvalue weighted by Crippen LogP contribution is -2.25. The van der Waals surface area contributed by atoms with Crippen molar-refractivity contribution in [2.75, 3.05) is 19.7 Å². The molecule has 4 heteroatoms. The Morgan fingerprint density at radius 1 is 1.21 bits per heavy atom. The van der Waals surface area contributed by atoms with Crippen molar-refractivity contribution in [3.63, 3.8) is 0 Å². The number of nitrogens with one attached hydrogen (secondary N) is 1. The third kappa shape index (κ3) is 8.34. The first-order valence-corrected chi connectivity index (χ1v) is 9.29. The van der Waals surface area contributed by atoms with Crippen molar-refractivity contribution >= 4 is 5.84 Å². The molecule has 0 aromatic heterocycles. The molecule has 1 aliphatic heterocycles. The van der Waals surface area contributed by atoms with Crippen LogP contribution in [0.4, 0.5) is 0 Å². The predicted octanol–water partition coefficient (Wildman–Crippen LogP) is 4.10. The molecule has 0 fully saturated rings. The summed E-state index contributed by atoms with van der Waals surface area (Å²) in [7, 11) is 0. The summed E-state index contributed by atoms with van der Waals surface area (Å²) >= 11 is 0. The summed E-state index contributed by atoms with van der Waals surface area (Å²) in [4.78, 5) is 4.31. The van der Waals surface area contributed by atoms with E-state index in [1.54, 1.807) is 0 Å². The molecule has 1 aromatic rings. The number of aliphatic imine (C=N–C) groups is 1. The summed E-state index contributed by atoms with van der Waals surface area (Å²) in [5, 5.41) is 3.20. The first-order chi connectivity index (χ1) is 11.5. The molecule has 1 aliphatic rings. The molecule has 0 spiro atoms. The van der Waals surface area contributed by atoms with Crippen molar-refractivity contribution in [3.05, 3.63) is 29.8 Å². The van der Waals surface area contributed by atoms with Gasteiger partial charge in [-0.05, 0) is 30.9 Å². The van der Waals surface area contributed by atoms with Gasteiger partial charge in [0, 0.05) is 12.6 Å². The highest BCUT2D eigenvalue weighted by Crippen LogP contribution is 2.25. The van der Waals surface area contributed by atoms with Gasteiger partial charge in [-0.1, -0.05) is 58.2 Å². The van der Waals surface area contributed by atoms with Crippen LogP contribution in [0.3, 0.4) is 0 Å². The predicted molar refractivity (Wildman–Crippen MR) is 104 cm³/mol. The molecule has 4 nitrogen and oxygen atoms in total. The molecule has 0 saturated carbocycles. The highest BCUT2D eigenvalue weighted by atomic mass is 16.5. The van der Waals surface area contributed by atoms with Crippen LogP contribution in [0, 0.1) is 0 Å². The summed E-state index contributed by atoms with van der Waals surface area (Å²) in [5.74, 6) is 2.40. The van der Waals surface area contributed by atoms with Crippen molar-refractivity contribution < 1.29 is 4.74 Å². The smallest absolute Gasteiger partial charge is 0.145 e. The Morgan fingerprint density at radius 2 is 1.96 bits per heavy atom. The number of hydrogen-bond donors (Lipinski definition) is 2. The van der Waals surface area contributed by atoms with Crippen LogP contribution < -0.4 is 15.8 Å². The fourth-order valence-electron chi connectivity index (χ4n) is 2.49. The van der Waals surface area contributed by atoms with E-state index in [2.05, 4.69) is 44.1 Å². The molecule has 0 aliphatic carbocycles. The number of benzene rings is 1. The zero-order valence-corrected chi connectivity index (χ0v) is 15.8. The second kappa shape index (κ2) is 11.9. The molecule has 3 N–H and O–H groups in total. The Balaban J connectivity index is 0.000000307. The zero-order valence-electron chi connectivity index (χ0n) is 15.8. The van der Waals surface area contributed by atoms with E-state index >= 15 is 0 Å². The average Bonchev–Trinajstić information content (AvgIpc) is 3.07. The maximum absolute atomic E-state index is 5.79. The standard InChI is InChI=1S/C13H18N2O.C7H17N/c1-10(2)11-5-3-4-6-12(11)16-9-13-14-7-8-15-13;1-3-4-5-6-7(2)8/h3-6,10H,7-9H2,1-2H3,(H,14,15);7H,3-6,8H2,1-2H3. The average molecular weight is 334 g/mol. The minimum absolute atomic E-state index is 0.404. The normalized spacial score (nSPS) is 14.5. The zero-order chi connectivity index (χ0) is 17.8. The van der Waals surface area contributed by atoms with Crippen molar-refractivity contribution in [2.24, 2.45) is 10.7 Å². The van der Waals surface area contributed by atoms with Gasteiger partial charge in [0.05, 0.1) is 6.54 Å². The van der Waals surface area contributed by atoms with Crippen LogP contribution in [0.1, 0.15) is 64.9 Å². The highest BCUT2D eigenvalue weighted by molar-refractivity contribution is 5.85. The van der Waals surface area contributed by atoms with Crippen molar-refractivity contribution in [3.8, 4) is 5.75 Å². The van der Waals surface area contributed by atoms with E-state index in [9.17, 15) is 0 Å². The number of hydrogen-bond acceptors (Lipinski definition) is 4. The van der Waals surface area contributed by atoms with Gasteiger partial charge in [0.1, 0.15) is 18.2 Å². The number of ether oxygens (including phenoxy) is 1. The number of rotatable bonds is 8. The molecule has 0 saturated heterocycles. The summed E-state index contributed by atoms with van der Waals surface area (Å²) in [5.41, 5.74) is 6.78. The van der Waals surface area contributed by atoms with Gasteiger partial charge in [-0.15, -0.1) is 0 Å². The molecule has 136 valence electrons. The van der Waals surface area contributed by atoms with E-state index in [-0.39, 0.29) is 0 Å². The largest absolute Gasteiger partial charge is 0.485 e. The van der Waals surface area contributed by atoms with Crippen LogP contribution in [-0.4, -0.2) is 31.6 Å². The van der Waals surface area contributed by atoms with Gasteiger partial charge in [0.2, 0.25) is 0 Å². The molecule has 2 rings (SSSR count). The second-order valence-electron chi connectivity index (χ2n) is 6.71. The first kappa shape index (κ1) is 20.5. The minimum Gasteiger partial charge on any atom is -0.485 e. The summed E-state index contributed by atoms with van der Waals surface area (Å²) in [6, 6.07) is 8.59. The van der Waals surface area contributed by atoms with Crippen LogP contribution in [0.25, 0.3) is 0 Å². The Labute approximate surface area is 147 Å². The number of nitrogens with two attached hydrogens (primary N) is 1. The van der Waals surface area contributed by atoms with Crippen molar-refractivity contribution in [1.29, 1.82) is 0 Å². The van der Waals surface area contributed by atoms with Crippen LogP contribution >= 0.6 is 0 Å². The van der Waals surface area contributed by atoms with E-state index < -0.39 is 0 Å². The number of nitrogens with zero attached hydrogens (tertiary/aromatic N) is 1. The van der Waals surface area contributed by atoms with Crippen LogP contribution in [0.2, 0.25) is 0 Å². The number of amidine groups is 1. The number of unbranched alkanes of at least 4 members (excludes halogenated alkanes) is 2. The Bertz CT molecular complexity index is 484. The lowest BCUT2D eigenvalue weighted by molar-refractivity contribution is 0.367. The maximum atomic E-state index is 5.79.